The van der Waals surface area contributed by atoms with Crippen molar-refractivity contribution in [3.8, 4) is 11.5 Å². The summed E-state index contributed by atoms with van der Waals surface area (Å²) in [5.41, 5.74) is 0.928. The van der Waals surface area contributed by atoms with E-state index in [2.05, 4.69) is 0 Å². The SMILES string of the molecule is COc1ccccc1C1CCN(C(=O)c2cc(F)cc(Cl)c2O)C1. The lowest BCUT2D eigenvalue weighted by molar-refractivity contribution is 0.0787. The second kappa shape index (κ2) is 6.69. The summed E-state index contributed by atoms with van der Waals surface area (Å²) >= 11 is 5.76. The summed E-state index contributed by atoms with van der Waals surface area (Å²) in [6, 6.07) is 9.69. The van der Waals surface area contributed by atoms with E-state index in [1.165, 1.54) is 0 Å². The van der Waals surface area contributed by atoms with Crippen LogP contribution in [0.25, 0.3) is 0 Å². The first-order chi connectivity index (χ1) is 11.5. The number of benzene rings is 2. The predicted octanol–water partition coefficient (Wildman–Crippen LogP) is 3.82. The minimum atomic E-state index is -0.651. The number of likely N-dealkylation sites (tertiary alicyclic amines) is 1. The molecule has 2 aromatic rings. The van der Waals surface area contributed by atoms with Crippen LogP contribution in [0.4, 0.5) is 4.39 Å². The van der Waals surface area contributed by atoms with Crippen LogP contribution in [0, 0.1) is 5.82 Å². The van der Waals surface area contributed by atoms with Gasteiger partial charge >= 0.3 is 0 Å². The van der Waals surface area contributed by atoms with Crippen LogP contribution in [0.2, 0.25) is 5.02 Å². The number of amides is 1. The third-order valence-corrected chi connectivity index (χ3v) is 4.60. The maximum absolute atomic E-state index is 13.5. The highest BCUT2D eigenvalue weighted by molar-refractivity contribution is 6.32. The number of carbonyl (C=O) groups excluding carboxylic acids is 1. The van der Waals surface area contributed by atoms with Gasteiger partial charge in [0.15, 0.2) is 0 Å². The van der Waals surface area contributed by atoms with Gasteiger partial charge in [0.05, 0.1) is 17.7 Å². The molecule has 0 radical (unpaired) electrons. The maximum atomic E-state index is 13.5. The van der Waals surface area contributed by atoms with Crippen molar-refractivity contribution in [1.82, 2.24) is 4.90 Å². The van der Waals surface area contributed by atoms with E-state index in [1.54, 1.807) is 12.0 Å². The second-order valence-electron chi connectivity index (χ2n) is 5.76. The Balaban J connectivity index is 1.82. The van der Waals surface area contributed by atoms with Gasteiger partial charge in [-0.15, -0.1) is 0 Å². The number of para-hydroxylation sites is 1. The quantitative estimate of drug-likeness (QED) is 0.916. The molecule has 1 heterocycles. The summed E-state index contributed by atoms with van der Waals surface area (Å²) in [5.74, 6) is -0.540. The van der Waals surface area contributed by atoms with Crippen LogP contribution in [0.1, 0.15) is 28.3 Å². The Kier molecular flexibility index (Phi) is 4.62. The van der Waals surface area contributed by atoms with Crippen molar-refractivity contribution in [1.29, 1.82) is 0 Å². The van der Waals surface area contributed by atoms with E-state index in [1.807, 2.05) is 24.3 Å². The summed E-state index contributed by atoms with van der Waals surface area (Å²) in [6.07, 6.45) is 0.774. The van der Waals surface area contributed by atoms with Crippen LogP contribution in [-0.4, -0.2) is 36.1 Å². The highest BCUT2D eigenvalue weighted by Crippen LogP contribution is 2.35. The van der Waals surface area contributed by atoms with Crippen molar-refractivity contribution >= 4 is 17.5 Å². The van der Waals surface area contributed by atoms with E-state index in [0.29, 0.717) is 13.1 Å². The molecular formula is C18H17ClFNO3. The number of ether oxygens (including phenoxy) is 1. The average molecular weight is 350 g/mol. The van der Waals surface area contributed by atoms with Crippen molar-refractivity contribution in [3.05, 3.63) is 58.4 Å². The van der Waals surface area contributed by atoms with Gasteiger partial charge in [0.25, 0.3) is 5.91 Å². The van der Waals surface area contributed by atoms with Crippen molar-refractivity contribution < 1.29 is 19.0 Å². The molecule has 4 nitrogen and oxygen atoms in total. The van der Waals surface area contributed by atoms with Gasteiger partial charge in [0.2, 0.25) is 0 Å². The number of phenolic OH excluding ortho intramolecular Hbond substituents is 1. The molecule has 1 unspecified atom stereocenters. The first-order valence-electron chi connectivity index (χ1n) is 7.61. The first-order valence-corrected chi connectivity index (χ1v) is 7.99. The van der Waals surface area contributed by atoms with Crippen LogP contribution >= 0.6 is 11.6 Å². The number of carbonyl (C=O) groups is 1. The van der Waals surface area contributed by atoms with Crippen LogP contribution in [0.3, 0.4) is 0 Å². The zero-order valence-electron chi connectivity index (χ0n) is 13.1. The van der Waals surface area contributed by atoms with E-state index in [0.717, 1.165) is 29.9 Å². The van der Waals surface area contributed by atoms with Gasteiger partial charge in [-0.25, -0.2) is 4.39 Å². The van der Waals surface area contributed by atoms with Crippen LogP contribution in [-0.2, 0) is 0 Å². The lowest BCUT2D eigenvalue weighted by Crippen LogP contribution is -2.28. The lowest BCUT2D eigenvalue weighted by atomic mass is 9.97. The fourth-order valence-corrected chi connectivity index (χ4v) is 3.31. The second-order valence-corrected chi connectivity index (χ2v) is 6.17. The molecule has 2 aromatic carbocycles. The molecule has 0 spiro atoms. The van der Waals surface area contributed by atoms with Gasteiger partial charge in [0.1, 0.15) is 17.3 Å². The van der Waals surface area contributed by atoms with Crippen molar-refractivity contribution in [2.75, 3.05) is 20.2 Å². The summed E-state index contributed by atoms with van der Waals surface area (Å²) in [4.78, 5) is 14.2. The molecule has 1 aliphatic heterocycles. The van der Waals surface area contributed by atoms with E-state index < -0.39 is 11.7 Å². The number of hydrogen-bond donors (Lipinski definition) is 1. The van der Waals surface area contributed by atoms with E-state index in [4.69, 9.17) is 16.3 Å². The molecule has 0 aliphatic carbocycles. The Bertz CT molecular complexity index is 781. The maximum Gasteiger partial charge on any atom is 0.257 e. The number of aromatic hydroxyl groups is 1. The molecule has 0 saturated carbocycles. The van der Waals surface area contributed by atoms with Crippen LogP contribution in [0.5, 0.6) is 11.5 Å². The highest BCUT2D eigenvalue weighted by atomic mass is 35.5. The number of hydrogen-bond acceptors (Lipinski definition) is 3. The topological polar surface area (TPSA) is 49.8 Å². The van der Waals surface area contributed by atoms with Crippen molar-refractivity contribution in [2.24, 2.45) is 0 Å². The molecule has 0 aromatic heterocycles. The van der Waals surface area contributed by atoms with Crippen molar-refractivity contribution in [3.63, 3.8) is 0 Å². The summed E-state index contributed by atoms with van der Waals surface area (Å²) in [6.45, 7) is 1.00. The molecule has 126 valence electrons. The van der Waals surface area contributed by atoms with E-state index >= 15 is 0 Å². The molecule has 24 heavy (non-hydrogen) atoms. The minimum Gasteiger partial charge on any atom is -0.506 e. The Morgan fingerprint density at radius 1 is 1.38 bits per heavy atom. The summed E-state index contributed by atoms with van der Waals surface area (Å²) in [7, 11) is 1.61. The molecule has 1 amide bonds. The van der Waals surface area contributed by atoms with E-state index in [9.17, 15) is 14.3 Å². The summed E-state index contributed by atoms with van der Waals surface area (Å²) in [5, 5.41) is 9.78. The standard InChI is InChI=1S/C18H17ClFNO3/c1-24-16-5-3-2-4-13(16)11-6-7-21(10-11)18(23)14-8-12(20)9-15(19)17(14)22/h2-5,8-9,11,22H,6-7,10H2,1H3. The average Bonchev–Trinajstić information content (AvgIpc) is 3.07. The zero-order valence-corrected chi connectivity index (χ0v) is 13.9. The lowest BCUT2D eigenvalue weighted by Gasteiger charge is -2.18. The van der Waals surface area contributed by atoms with Crippen LogP contribution in [0.15, 0.2) is 36.4 Å². The molecule has 1 atom stereocenters. The Morgan fingerprint density at radius 3 is 2.88 bits per heavy atom. The number of phenols is 1. The van der Waals surface area contributed by atoms with E-state index in [-0.39, 0.29) is 22.3 Å². The van der Waals surface area contributed by atoms with Gasteiger partial charge < -0.3 is 14.7 Å². The highest BCUT2D eigenvalue weighted by Gasteiger charge is 2.31. The Labute approximate surface area is 144 Å². The number of nitrogens with zero attached hydrogens (tertiary/aromatic N) is 1. The minimum absolute atomic E-state index is 0.110. The first kappa shape index (κ1) is 16.6. The molecule has 1 saturated heterocycles. The molecule has 6 heteroatoms. The van der Waals surface area contributed by atoms with Crippen LogP contribution < -0.4 is 4.74 Å². The Hall–Kier alpha value is -2.27. The number of methoxy groups -OCH3 is 1. The third kappa shape index (κ3) is 3.04. The normalized spacial score (nSPS) is 17.1. The molecule has 1 fully saturated rings. The number of rotatable bonds is 3. The van der Waals surface area contributed by atoms with Gasteiger partial charge in [-0.1, -0.05) is 29.8 Å². The zero-order chi connectivity index (χ0) is 17.3. The molecular weight excluding hydrogens is 333 g/mol. The van der Waals surface area contributed by atoms with Gasteiger partial charge in [-0.05, 0) is 30.2 Å². The predicted molar refractivity (Wildman–Crippen MR) is 89.3 cm³/mol. The van der Waals surface area contributed by atoms with Crippen molar-refractivity contribution in [2.45, 2.75) is 12.3 Å². The fourth-order valence-electron chi connectivity index (χ4n) is 3.10. The monoisotopic (exact) mass is 349 g/mol. The largest absolute Gasteiger partial charge is 0.506 e. The molecule has 3 rings (SSSR count). The Morgan fingerprint density at radius 2 is 2.12 bits per heavy atom. The summed E-state index contributed by atoms with van der Waals surface area (Å²) < 4.78 is 18.9. The molecule has 1 N–H and O–H groups in total. The molecule has 1 aliphatic rings. The van der Waals surface area contributed by atoms with Gasteiger partial charge in [-0.2, -0.15) is 0 Å². The smallest absolute Gasteiger partial charge is 0.257 e. The van der Waals surface area contributed by atoms with Gasteiger partial charge in [0, 0.05) is 19.0 Å². The number of halogens is 2. The van der Waals surface area contributed by atoms with Gasteiger partial charge in [-0.3, -0.25) is 4.79 Å². The fraction of sp³-hybridized carbons (Fsp3) is 0.278. The third-order valence-electron chi connectivity index (χ3n) is 4.31. The molecule has 0 bridgehead atoms.